The molecule has 0 bridgehead atoms. The van der Waals surface area contributed by atoms with E-state index in [0.717, 1.165) is 12.5 Å². The van der Waals surface area contributed by atoms with E-state index in [1.807, 2.05) is 0 Å². The molecule has 0 radical (unpaired) electrons. The van der Waals surface area contributed by atoms with Crippen LogP contribution in [0.4, 0.5) is 0 Å². The fourth-order valence-electron chi connectivity index (χ4n) is 2.56. The van der Waals surface area contributed by atoms with E-state index in [-0.39, 0.29) is 5.91 Å². The maximum absolute atomic E-state index is 11.4. The fraction of sp³-hybridized carbons (Fsp3) is 0.923. The van der Waals surface area contributed by atoms with E-state index in [0.29, 0.717) is 18.5 Å². The largest absolute Gasteiger partial charge is 0.353 e. The van der Waals surface area contributed by atoms with Crippen molar-refractivity contribution in [1.82, 2.24) is 10.6 Å². The molecule has 0 aromatic heterocycles. The van der Waals surface area contributed by atoms with Gasteiger partial charge >= 0.3 is 0 Å². The first-order valence-electron chi connectivity index (χ1n) is 6.78. The number of amides is 1. The van der Waals surface area contributed by atoms with E-state index in [1.165, 1.54) is 38.5 Å². The van der Waals surface area contributed by atoms with E-state index in [1.54, 1.807) is 0 Å². The molecule has 16 heavy (non-hydrogen) atoms. The molecule has 1 atom stereocenters. The molecule has 0 spiro atoms. The number of carbonyl (C=O) groups is 1. The topological polar surface area (TPSA) is 41.1 Å². The highest BCUT2D eigenvalue weighted by atomic mass is 16.1. The van der Waals surface area contributed by atoms with Crippen LogP contribution < -0.4 is 10.6 Å². The molecule has 3 heteroatoms. The summed E-state index contributed by atoms with van der Waals surface area (Å²) in [6.45, 7) is 3.09. The van der Waals surface area contributed by atoms with Crippen LogP contribution in [0.1, 0.15) is 51.9 Å². The van der Waals surface area contributed by atoms with E-state index < -0.39 is 0 Å². The van der Waals surface area contributed by atoms with Crippen LogP contribution in [0, 0.1) is 5.92 Å². The number of carbonyl (C=O) groups excluding carboxylic acids is 1. The zero-order valence-electron chi connectivity index (χ0n) is 10.3. The van der Waals surface area contributed by atoms with Crippen LogP contribution in [0.15, 0.2) is 0 Å². The summed E-state index contributed by atoms with van der Waals surface area (Å²) in [4.78, 5) is 11.4. The van der Waals surface area contributed by atoms with Gasteiger partial charge in [0.15, 0.2) is 0 Å². The molecular formula is C13H24N2O. The lowest BCUT2D eigenvalue weighted by Crippen LogP contribution is -2.36. The smallest absolute Gasteiger partial charge is 0.221 e. The van der Waals surface area contributed by atoms with Gasteiger partial charge in [-0.1, -0.05) is 12.8 Å². The van der Waals surface area contributed by atoms with Crippen LogP contribution in [0.3, 0.4) is 0 Å². The third-order valence-electron chi connectivity index (χ3n) is 3.87. The molecule has 0 saturated heterocycles. The van der Waals surface area contributed by atoms with Crippen molar-refractivity contribution in [3.05, 3.63) is 0 Å². The Morgan fingerprint density at radius 2 is 1.94 bits per heavy atom. The molecule has 2 aliphatic carbocycles. The predicted molar refractivity (Wildman–Crippen MR) is 65.2 cm³/mol. The average Bonchev–Trinajstić information content (AvgIpc) is 2.90. The minimum absolute atomic E-state index is 0.216. The van der Waals surface area contributed by atoms with Gasteiger partial charge < -0.3 is 10.6 Å². The molecule has 2 saturated carbocycles. The second-order valence-corrected chi connectivity index (χ2v) is 5.38. The van der Waals surface area contributed by atoms with Gasteiger partial charge in [0, 0.05) is 25.0 Å². The van der Waals surface area contributed by atoms with Crippen LogP contribution in [-0.4, -0.2) is 24.5 Å². The summed E-state index contributed by atoms with van der Waals surface area (Å²) >= 11 is 0. The van der Waals surface area contributed by atoms with E-state index in [9.17, 15) is 4.79 Å². The van der Waals surface area contributed by atoms with Crippen LogP contribution in [0.25, 0.3) is 0 Å². The van der Waals surface area contributed by atoms with Crippen molar-refractivity contribution in [2.45, 2.75) is 64.0 Å². The average molecular weight is 224 g/mol. The number of rotatable bonds is 6. The summed E-state index contributed by atoms with van der Waals surface area (Å²) in [5, 5.41) is 6.51. The SMILES string of the molecule is C[C@H](NCCC(=O)NC1CC1)C1CCCC1. The van der Waals surface area contributed by atoms with Gasteiger partial charge in [0.05, 0.1) is 0 Å². The number of hydrogen-bond donors (Lipinski definition) is 2. The van der Waals surface area contributed by atoms with Gasteiger partial charge in [0.2, 0.25) is 5.91 Å². The Morgan fingerprint density at radius 3 is 2.56 bits per heavy atom. The maximum atomic E-state index is 11.4. The normalized spacial score (nSPS) is 23.3. The summed E-state index contributed by atoms with van der Waals surface area (Å²) in [6.07, 6.45) is 8.49. The summed E-state index contributed by atoms with van der Waals surface area (Å²) in [7, 11) is 0. The summed E-state index contributed by atoms with van der Waals surface area (Å²) < 4.78 is 0. The zero-order valence-corrected chi connectivity index (χ0v) is 10.3. The van der Waals surface area contributed by atoms with Crippen molar-refractivity contribution < 1.29 is 4.79 Å². The Balaban J connectivity index is 1.53. The Morgan fingerprint density at radius 1 is 1.25 bits per heavy atom. The molecule has 2 rings (SSSR count). The van der Waals surface area contributed by atoms with Crippen LogP contribution in [-0.2, 0) is 4.79 Å². The Labute approximate surface area is 98.4 Å². The summed E-state index contributed by atoms with van der Waals surface area (Å²) in [6, 6.07) is 1.08. The van der Waals surface area contributed by atoms with Gasteiger partial charge in [-0.15, -0.1) is 0 Å². The third-order valence-corrected chi connectivity index (χ3v) is 3.87. The first-order valence-corrected chi connectivity index (χ1v) is 6.78. The molecule has 0 unspecified atom stereocenters. The molecule has 1 amide bonds. The lowest BCUT2D eigenvalue weighted by molar-refractivity contribution is -0.121. The molecule has 92 valence electrons. The first kappa shape index (κ1) is 11.9. The first-order chi connectivity index (χ1) is 7.75. The molecule has 2 aliphatic rings. The minimum atomic E-state index is 0.216. The Hall–Kier alpha value is -0.570. The Kier molecular flexibility index (Phi) is 4.22. The van der Waals surface area contributed by atoms with Crippen molar-refractivity contribution in [2.24, 2.45) is 5.92 Å². The van der Waals surface area contributed by atoms with Crippen molar-refractivity contribution in [3.63, 3.8) is 0 Å². The minimum Gasteiger partial charge on any atom is -0.353 e. The van der Waals surface area contributed by atoms with Crippen LogP contribution in [0.5, 0.6) is 0 Å². The van der Waals surface area contributed by atoms with Gasteiger partial charge in [-0.2, -0.15) is 0 Å². The summed E-state index contributed by atoms with van der Waals surface area (Å²) in [5.41, 5.74) is 0. The molecule has 0 heterocycles. The van der Waals surface area contributed by atoms with Crippen LogP contribution in [0.2, 0.25) is 0 Å². The predicted octanol–water partition coefficient (Wildman–Crippen LogP) is 1.82. The van der Waals surface area contributed by atoms with E-state index >= 15 is 0 Å². The highest BCUT2D eigenvalue weighted by Crippen LogP contribution is 2.27. The quantitative estimate of drug-likeness (QED) is 0.722. The lowest BCUT2D eigenvalue weighted by atomic mass is 10.00. The standard InChI is InChI=1S/C13H24N2O/c1-10(11-4-2-3-5-11)14-9-8-13(16)15-12-6-7-12/h10-12,14H,2-9H2,1H3,(H,15,16)/t10-/m0/s1. The highest BCUT2D eigenvalue weighted by Gasteiger charge is 2.23. The van der Waals surface area contributed by atoms with Crippen LogP contribution >= 0.6 is 0 Å². The second-order valence-electron chi connectivity index (χ2n) is 5.38. The van der Waals surface area contributed by atoms with E-state index in [2.05, 4.69) is 17.6 Å². The highest BCUT2D eigenvalue weighted by molar-refractivity contribution is 5.76. The lowest BCUT2D eigenvalue weighted by Gasteiger charge is -2.20. The molecule has 0 aromatic rings. The van der Waals surface area contributed by atoms with E-state index in [4.69, 9.17) is 0 Å². The molecular weight excluding hydrogens is 200 g/mol. The van der Waals surface area contributed by atoms with Gasteiger partial charge in [0.25, 0.3) is 0 Å². The van der Waals surface area contributed by atoms with Crippen molar-refractivity contribution in [3.8, 4) is 0 Å². The van der Waals surface area contributed by atoms with Gasteiger partial charge in [0.1, 0.15) is 0 Å². The molecule has 2 N–H and O–H groups in total. The second kappa shape index (κ2) is 5.67. The molecule has 0 aromatic carbocycles. The van der Waals surface area contributed by atoms with Gasteiger partial charge in [-0.05, 0) is 38.5 Å². The fourth-order valence-corrected chi connectivity index (χ4v) is 2.56. The molecule has 0 aliphatic heterocycles. The van der Waals surface area contributed by atoms with Crippen molar-refractivity contribution >= 4 is 5.91 Å². The monoisotopic (exact) mass is 224 g/mol. The van der Waals surface area contributed by atoms with Gasteiger partial charge in [-0.3, -0.25) is 4.79 Å². The Bertz CT molecular complexity index is 232. The zero-order chi connectivity index (χ0) is 11.4. The van der Waals surface area contributed by atoms with Crippen molar-refractivity contribution in [1.29, 1.82) is 0 Å². The maximum Gasteiger partial charge on any atom is 0.221 e. The van der Waals surface area contributed by atoms with Crippen molar-refractivity contribution in [2.75, 3.05) is 6.54 Å². The number of hydrogen-bond acceptors (Lipinski definition) is 2. The third kappa shape index (κ3) is 3.78. The number of nitrogens with one attached hydrogen (secondary N) is 2. The molecule has 3 nitrogen and oxygen atoms in total. The summed E-state index contributed by atoms with van der Waals surface area (Å²) in [5.74, 6) is 1.06. The van der Waals surface area contributed by atoms with Gasteiger partial charge in [-0.25, -0.2) is 0 Å². The molecule has 2 fully saturated rings.